The Kier molecular flexibility index (Phi) is 8.36. The van der Waals surface area contributed by atoms with Crippen LogP contribution in [0, 0.1) is 0 Å². The fraction of sp³-hybridized carbons (Fsp3) is 0.276. The van der Waals surface area contributed by atoms with Gasteiger partial charge in [0.1, 0.15) is 11.3 Å². The van der Waals surface area contributed by atoms with Crippen LogP contribution in [0.1, 0.15) is 51.3 Å². The van der Waals surface area contributed by atoms with Crippen LogP contribution in [0.5, 0.6) is 17.2 Å². The normalized spacial score (nSPS) is 13.6. The van der Waals surface area contributed by atoms with Crippen molar-refractivity contribution in [2.24, 2.45) is 0 Å². The minimum Gasteiger partial charge on any atom is -0.505 e. The standard InChI is InChI=1S/C29H34N2O3/c1-7-19(2)10-11-20(3)17-21(4)31-27(23-13-15-25(33-5)26(18-23)34-6)24-14-12-22-9-8-16-30-28(22)29(24)32/h8-18,27,31-32H,7H2,1-6H3/b19-10+,20-11-,21-17+. The average Bonchev–Trinajstić information content (AvgIpc) is 2.86. The highest BCUT2D eigenvalue weighted by Gasteiger charge is 2.21. The number of nitrogens with one attached hydrogen (secondary N) is 1. The van der Waals surface area contributed by atoms with Gasteiger partial charge in [-0.25, -0.2) is 0 Å². The number of fused-ring (bicyclic) bond motifs is 1. The lowest BCUT2D eigenvalue weighted by Crippen LogP contribution is -2.21. The zero-order valence-corrected chi connectivity index (χ0v) is 20.8. The van der Waals surface area contributed by atoms with E-state index in [1.165, 1.54) is 5.57 Å². The smallest absolute Gasteiger partial charge is 0.161 e. The summed E-state index contributed by atoms with van der Waals surface area (Å²) in [7, 11) is 3.23. The highest BCUT2D eigenvalue weighted by Crippen LogP contribution is 2.38. The van der Waals surface area contributed by atoms with E-state index in [0.29, 0.717) is 17.0 Å². The third-order valence-corrected chi connectivity index (χ3v) is 5.84. The van der Waals surface area contributed by atoms with Gasteiger partial charge in [0.2, 0.25) is 0 Å². The molecular formula is C29H34N2O3. The zero-order chi connectivity index (χ0) is 24.7. The van der Waals surface area contributed by atoms with Crippen LogP contribution in [-0.4, -0.2) is 24.3 Å². The molecule has 5 heteroatoms. The van der Waals surface area contributed by atoms with Gasteiger partial charge in [0.25, 0.3) is 0 Å². The Morgan fingerprint density at radius 3 is 2.50 bits per heavy atom. The summed E-state index contributed by atoms with van der Waals surface area (Å²) in [6, 6.07) is 13.2. The molecule has 0 radical (unpaired) electrons. The molecule has 0 bridgehead atoms. The lowest BCUT2D eigenvalue weighted by atomic mass is 9.95. The summed E-state index contributed by atoms with van der Waals surface area (Å²) >= 11 is 0. The zero-order valence-electron chi connectivity index (χ0n) is 20.8. The van der Waals surface area contributed by atoms with Gasteiger partial charge < -0.3 is 19.9 Å². The van der Waals surface area contributed by atoms with E-state index in [4.69, 9.17) is 9.47 Å². The molecule has 0 aliphatic carbocycles. The Labute approximate surface area is 202 Å². The number of phenols is 1. The van der Waals surface area contributed by atoms with Crippen LogP contribution in [0.15, 0.2) is 83.7 Å². The SMILES string of the molecule is CC/C(C)=C/C=C(C)\C=C(/C)NC(c1ccc(OC)c(OC)c1)c1ccc2cccnc2c1O. The molecule has 34 heavy (non-hydrogen) atoms. The first-order valence-electron chi connectivity index (χ1n) is 11.4. The number of rotatable bonds is 9. The molecule has 0 spiro atoms. The number of aromatic hydroxyl groups is 1. The molecule has 3 aromatic rings. The van der Waals surface area contributed by atoms with E-state index in [9.17, 15) is 5.11 Å². The van der Waals surface area contributed by atoms with Crippen LogP contribution < -0.4 is 14.8 Å². The number of hydrogen-bond donors (Lipinski definition) is 2. The molecule has 0 amide bonds. The summed E-state index contributed by atoms with van der Waals surface area (Å²) in [6.45, 7) is 8.38. The number of ether oxygens (including phenoxy) is 2. The van der Waals surface area contributed by atoms with Crippen LogP contribution in [-0.2, 0) is 0 Å². The largest absolute Gasteiger partial charge is 0.505 e. The average molecular weight is 459 g/mol. The van der Waals surface area contributed by atoms with Crippen LogP contribution in [0.2, 0.25) is 0 Å². The van der Waals surface area contributed by atoms with Gasteiger partial charge in [-0.05, 0) is 62.6 Å². The van der Waals surface area contributed by atoms with Gasteiger partial charge >= 0.3 is 0 Å². The molecule has 3 rings (SSSR count). The molecule has 5 nitrogen and oxygen atoms in total. The number of benzene rings is 2. The van der Waals surface area contributed by atoms with Crippen LogP contribution in [0.25, 0.3) is 10.9 Å². The molecule has 1 aromatic heterocycles. The van der Waals surface area contributed by atoms with Crippen molar-refractivity contribution >= 4 is 10.9 Å². The van der Waals surface area contributed by atoms with E-state index in [1.807, 2.05) is 49.4 Å². The van der Waals surface area contributed by atoms with E-state index in [0.717, 1.165) is 34.2 Å². The van der Waals surface area contributed by atoms with Crippen molar-refractivity contribution in [3.63, 3.8) is 0 Å². The molecule has 2 N–H and O–H groups in total. The summed E-state index contributed by atoms with van der Waals surface area (Å²) in [5, 5.41) is 15.7. The van der Waals surface area contributed by atoms with Crippen LogP contribution in [0.3, 0.4) is 0 Å². The molecule has 1 unspecified atom stereocenters. The Morgan fingerprint density at radius 2 is 1.79 bits per heavy atom. The van der Waals surface area contributed by atoms with E-state index >= 15 is 0 Å². The van der Waals surface area contributed by atoms with Crippen LogP contribution >= 0.6 is 0 Å². The topological polar surface area (TPSA) is 63.6 Å². The van der Waals surface area contributed by atoms with Crippen molar-refractivity contribution in [3.8, 4) is 17.2 Å². The summed E-state index contributed by atoms with van der Waals surface area (Å²) in [5.41, 5.74) is 5.67. The van der Waals surface area contributed by atoms with Crippen molar-refractivity contribution in [2.75, 3.05) is 14.2 Å². The molecular weight excluding hydrogens is 424 g/mol. The highest BCUT2D eigenvalue weighted by atomic mass is 16.5. The molecule has 1 atom stereocenters. The Hall–Kier alpha value is -3.73. The number of methoxy groups -OCH3 is 2. The number of phenolic OH excluding ortho intramolecular Hbond substituents is 1. The fourth-order valence-electron chi connectivity index (χ4n) is 3.80. The predicted molar refractivity (Wildman–Crippen MR) is 139 cm³/mol. The van der Waals surface area contributed by atoms with Crippen molar-refractivity contribution < 1.29 is 14.6 Å². The second-order valence-corrected chi connectivity index (χ2v) is 8.37. The number of pyridine rings is 1. The number of aromatic nitrogens is 1. The van der Waals surface area contributed by atoms with Gasteiger partial charge in [-0.3, -0.25) is 4.98 Å². The third-order valence-electron chi connectivity index (χ3n) is 5.84. The van der Waals surface area contributed by atoms with E-state index in [2.05, 4.69) is 49.3 Å². The van der Waals surface area contributed by atoms with Crippen molar-refractivity contribution in [3.05, 3.63) is 94.9 Å². The quantitative estimate of drug-likeness (QED) is 0.344. The minimum absolute atomic E-state index is 0.159. The fourth-order valence-corrected chi connectivity index (χ4v) is 3.80. The highest BCUT2D eigenvalue weighted by molar-refractivity contribution is 5.85. The molecule has 178 valence electrons. The van der Waals surface area contributed by atoms with Crippen molar-refractivity contribution in [1.82, 2.24) is 10.3 Å². The Bertz CT molecular complexity index is 1240. The first-order valence-corrected chi connectivity index (χ1v) is 11.4. The summed E-state index contributed by atoms with van der Waals surface area (Å²) < 4.78 is 11.0. The maximum absolute atomic E-state index is 11.2. The molecule has 0 aliphatic heterocycles. The molecule has 0 fully saturated rings. The third kappa shape index (κ3) is 5.79. The van der Waals surface area contributed by atoms with Gasteiger partial charge in [-0.1, -0.05) is 48.9 Å². The van der Waals surface area contributed by atoms with Crippen molar-refractivity contribution in [2.45, 2.75) is 40.2 Å². The van der Waals surface area contributed by atoms with Crippen molar-refractivity contribution in [1.29, 1.82) is 0 Å². The molecule has 2 aromatic carbocycles. The summed E-state index contributed by atoms with van der Waals surface area (Å²) in [5.74, 6) is 1.44. The summed E-state index contributed by atoms with van der Waals surface area (Å²) in [4.78, 5) is 4.40. The maximum atomic E-state index is 11.2. The van der Waals surface area contributed by atoms with Gasteiger partial charge in [0, 0.05) is 22.8 Å². The molecule has 0 saturated heterocycles. The number of allylic oxidation sites excluding steroid dienone is 6. The van der Waals surface area contributed by atoms with Gasteiger partial charge in [0.05, 0.1) is 20.3 Å². The van der Waals surface area contributed by atoms with E-state index < -0.39 is 0 Å². The number of nitrogens with zero attached hydrogens (tertiary/aromatic N) is 1. The Morgan fingerprint density at radius 1 is 1.03 bits per heavy atom. The lowest BCUT2D eigenvalue weighted by Gasteiger charge is -2.24. The summed E-state index contributed by atoms with van der Waals surface area (Å²) in [6.07, 6.45) is 9.08. The van der Waals surface area contributed by atoms with E-state index in [1.54, 1.807) is 20.4 Å². The second-order valence-electron chi connectivity index (χ2n) is 8.37. The molecule has 0 saturated carbocycles. The predicted octanol–water partition coefficient (Wildman–Crippen LogP) is 6.84. The van der Waals surface area contributed by atoms with Gasteiger partial charge in [-0.2, -0.15) is 0 Å². The molecule has 1 heterocycles. The second kappa shape index (κ2) is 11.4. The molecule has 0 aliphatic rings. The van der Waals surface area contributed by atoms with Crippen LogP contribution in [0.4, 0.5) is 0 Å². The monoisotopic (exact) mass is 458 g/mol. The first-order chi connectivity index (χ1) is 16.4. The number of hydrogen-bond acceptors (Lipinski definition) is 5. The maximum Gasteiger partial charge on any atom is 0.161 e. The Balaban J connectivity index is 2.08. The van der Waals surface area contributed by atoms with E-state index in [-0.39, 0.29) is 11.8 Å². The van der Waals surface area contributed by atoms with Gasteiger partial charge in [-0.15, -0.1) is 0 Å². The first kappa shape index (κ1) is 24.9. The lowest BCUT2D eigenvalue weighted by molar-refractivity contribution is 0.354. The minimum atomic E-state index is -0.330. The van der Waals surface area contributed by atoms with Gasteiger partial charge in [0.15, 0.2) is 11.5 Å².